The number of hydrogen-bond acceptors (Lipinski definition) is 5. The van der Waals surface area contributed by atoms with Crippen LogP contribution < -0.4 is 15.2 Å². The lowest BCUT2D eigenvalue weighted by atomic mass is 10.2. The first-order valence-electron chi connectivity index (χ1n) is 6.27. The van der Waals surface area contributed by atoms with Crippen LogP contribution in [0.3, 0.4) is 0 Å². The third-order valence-electron chi connectivity index (χ3n) is 3.04. The Morgan fingerprint density at radius 3 is 2.71 bits per heavy atom. The minimum atomic E-state index is -3.61. The Kier molecular flexibility index (Phi) is 4.44. The number of nitrogens with zero attached hydrogens (tertiary/aromatic N) is 1. The summed E-state index contributed by atoms with van der Waals surface area (Å²) in [7, 11) is -2.10. The molecule has 0 fully saturated rings. The maximum atomic E-state index is 12.2. The van der Waals surface area contributed by atoms with E-state index in [-0.39, 0.29) is 11.4 Å². The lowest BCUT2D eigenvalue weighted by Crippen LogP contribution is -2.23. The van der Waals surface area contributed by atoms with Crippen molar-refractivity contribution in [3.05, 3.63) is 47.7 Å². The number of nitrogens with one attached hydrogen (secondary N) is 1. The third-order valence-corrected chi connectivity index (χ3v) is 4.43. The molecule has 1 aromatic carbocycles. The second-order valence-electron chi connectivity index (χ2n) is 4.55. The highest BCUT2D eigenvalue weighted by atomic mass is 32.2. The molecule has 0 bridgehead atoms. The van der Waals surface area contributed by atoms with Crippen LogP contribution in [0.5, 0.6) is 5.88 Å². The number of nitrogens with two attached hydrogens (primary N) is 1. The number of anilines is 1. The highest BCUT2D eigenvalue weighted by Crippen LogP contribution is 2.17. The van der Waals surface area contributed by atoms with Crippen molar-refractivity contribution in [1.29, 1.82) is 0 Å². The molecule has 0 unspecified atom stereocenters. The number of ether oxygens (including phenoxy) is 1. The summed E-state index contributed by atoms with van der Waals surface area (Å²) in [5, 5.41) is 0. The van der Waals surface area contributed by atoms with Crippen LogP contribution in [0.1, 0.15) is 11.1 Å². The van der Waals surface area contributed by atoms with Gasteiger partial charge in [0.2, 0.25) is 15.9 Å². The van der Waals surface area contributed by atoms with E-state index in [2.05, 4.69) is 9.71 Å². The summed E-state index contributed by atoms with van der Waals surface area (Å²) in [6, 6.07) is 8.05. The first-order chi connectivity index (χ1) is 9.92. The number of methoxy groups -OCH3 is 1. The summed E-state index contributed by atoms with van der Waals surface area (Å²) in [5.74, 6) is 0.436. The van der Waals surface area contributed by atoms with Crippen LogP contribution in [0.15, 0.2) is 41.4 Å². The van der Waals surface area contributed by atoms with Crippen LogP contribution >= 0.6 is 0 Å². The van der Waals surface area contributed by atoms with Gasteiger partial charge in [-0.15, -0.1) is 0 Å². The number of hydrogen-bond donors (Lipinski definition) is 2. The summed E-state index contributed by atoms with van der Waals surface area (Å²) in [4.78, 5) is 4.11. The Bertz CT molecular complexity index is 745. The van der Waals surface area contributed by atoms with Crippen molar-refractivity contribution in [3.63, 3.8) is 0 Å². The number of benzene rings is 1. The van der Waals surface area contributed by atoms with Gasteiger partial charge in [-0.1, -0.05) is 6.07 Å². The fraction of sp³-hybridized carbons (Fsp3) is 0.214. The van der Waals surface area contributed by atoms with Gasteiger partial charge in [-0.3, -0.25) is 0 Å². The zero-order valence-electron chi connectivity index (χ0n) is 11.8. The van der Waals surface area contributed by atoms with Gasteiger partial charge in [0.05, 0.1) is 12.0 Å². The van der Waals surface area contributed by atoms with Crippen LogP contribution in [0.2, 0.25) is 0 Å². The lowest BCUT2D eigenvalue weighted by Gasteiger charge is -2.09. The molecule has 0 aliphatic rings. The number of aryl methyl sites for hydroxylation is 1. The smallest absolute Gasteiger partial charge is 0.240 e. The molecule has 0 atom stereocenters. The summed E-state index contributed by atoms with van der Waals surface area (Å²) in [6.45, 7) is 1.97. The van der Waals surface area contributed by atoms with Crippen molar-refractivity contribution in [2.75, 3.05) is 12.8 Å². The van der Waals surface area contributed by atoms with Gasteiger partial charge in [0.25, 0.3) is 0 Å². The van der Waals surface area contributed by atoms with Gasteiger partial charge < -0.3 is 10.5 Å². The molecule has 6 nitrogen and oxygen atoms in total. The van der Waals surface area contributed by atoms with Crippen LogP contribution in [-0.4, -0.2) is 20.5 Å². The fourth-order valence-electron chi connectivity index (χ4n) is 1.72. The molecule has 1 aromatic heterocycles. The van der Waals surface area contributed by atoms with Gasteiger partial charge in [0.1, 0.15) is 0 Å². The van der Waals surface area contributed by atoms with Crippen molar-refractivity contribution < 1.29 is 13.2 Å². The molecule has 7 heteroatoms. The molecule has 21 heavy (non-hydrogen) atoms. The number of rotatable bonds is 5. The third kappa shape index (κ3) is 3.71. The number of pyridine rings is 1. The summed E-state index contributed by atoms with van der Waals surface area (Å²) in [5.41, 5.74) is 7.79. The summed E-state index contributed by atoms with van der Waals surface area (Å²) >= 11 is 0. The van der Waals surface area contributed by atoms with E-state index in [0.717, 1.165) is 11.1 Å². The van der Waals surface area contributed by atoms with Crippen LogP contribution in [0.4, 0.5) is 5.69 Å². The molecular formula is C14H17N3O3S. The molecule has 112 valence electrons. The molecule has 3 N–H and O–H groups in total. The molecule has 0 amide bonds. The molecule has 1 heterocycles. The van der Waals surface area contributed by atoms with Crippen molar-refractivity contribution in [3.8, 4) is 5.88 Å². The Hall–Kier alpha value is -2.12. The van der Waals surface area contributed by atoms with Gasteiger partial charge in [0.15, 0.2) is 0 Å². The van der Waals surface area contributed by atoms with E-state index in [9.17, 15) is 8.42 Å². The molecular weight excluding hydrogens is 290 g/mol. The zero-order valence-corrected chi connectivity index (χ0v) is 12.6. The van der Waals surface area contributed by atoms with Crippen molar-refractivity contribution in [2.45, 2.75) is 18.4 Å². The van der Waals surface area contributed by atoms with Crippen molar-refractivity contribution in [1.82, 2.24) is 9.71 Å². The molecule has 0 saturated heterocycles. The van der Waals surface area contributed by atoms with E-state index < -0.39 is 10.0 Å². The van der Waals surface area contributed by atoms with E-state index in [1.54, 1.807) is 24.4 Å². The predicted molar refractivity (Wildman–Crippen MR) is 80.4 cm³/mol. The quantitative estimate of drug-likeness (QED) is 0.816. The highest BCUT2D eigenvalue weighted by molar-refractivity contribution is 7.89. The normalized spacial score (nSPS) is 11.3. The summed E-state index contributed by atoms with van der Waals surface area (Å²) in [6.07, 6.45) is 1.56. The fourth-order valence-corrected chi connectivity index (χ4v) is 2.77. The average Bonchev–Trinajstić information content (AvgIpc) is 2.48. The first kappa shape index (κ1) is 15.3. The van der Waals surface area contributed by atoms with Crippen LogP contribution in [0.25, 0.3) is 0 Å². The van der Waals surface area contributed by atoms with Crippen molar-refractivity contribution >= 4 is 15.7 Å². The first-order valence-corrected chi connectivity index (χ1v) is 7.75. The van der Waals surface area contributed by atoms with Gasteiger partial charge in [-0.2, -0.15) is 0 Å². The number of sulfonamides is 1. The minimum absolute atomic E-state index is 0.145. The Balaban J connectivity index is 2.15. The lowest BCUT2D eigenvalue weighted by molar-refractivity contribution is 0.397. The van der Waals surface area contributed by atoms with E-state index in [0.29, 0.717) is 11.6 Å². The standard InChI is InChI=1S/C14H17N3O3S/c1-10-3-4-12(8-13(10)15)21(18,19)17-9-11-5-6-16-14(7-11)20-2/h3-8,17H,9,15H2,1-2H3. The summed E-state index contributed by atoms with van der Waals surface area (Å²) < 4.78 is 31.9. The van der Waals surface area contributed by atoms with Crippen LogP contribution in [-0.2, 0) is 16.6 Å². The van der Waals surface area contributed by atoms with Crippen molar-refractivity contribution in [2.24, 2.45) is 0 Å². The van der Waals surface area contributed by atoms with Gasteiger partial charge in [-0.05, 0) is 36.2 Å². The predicted octanol–water partition coefficient (Wildman–Crippen LogP) is 1.46. The maximum Gasteiger partial charge on any atom is 0.240 e. The van der Waals surface area contributed by atoms with E-state index >= 15 is 0 Å². The molecule has 0 spiro atoms. The van der Waals surface area contributed by atoms with E-state index in [4.69, 9.17) is 10.5 Å². The molecule has 0 aliphatic heterocycles. The van der Waals surface area contributed by atoms with Gasteiger partial charge in [-0.25, -0.2) is 18.1 Å². The van der Waals surface area contributed by atoms with Gasteiger partial charge >= 0.3 is 0 Å². The SMILES string of the molecule is COc1cc(CNS(=O)(=O)c2ccc(C)c(N)c2)ccn1. The Morgan fingerprint density at radius 2 is 2.05 bits per heavy atom. The average molecular weight is 307 g/mol. The van der Waals surface area contributed by atoms with E-state index in [1.807, 2.05) is 6.92 Å². The highest BCUT2D eigenvalue weighted by Gasteiger charge is 2.14. The molecule has 2 aromatic rings. The topological polar surface area (TPSA) is 94.3 Å². The van der Waals surface area contributed by atoms with Crippen LogP contribution in [0, 0.1) is 6.92 Å². The van der Waals surface area contributed by atoms with Gasteiger partial charge in [0, 0.05) is 24.5 Å². The second-order valence-corrected chi connectivity index (χ2v) is 6.32. The molecule has 0 aliphatic carbocycles. The number of nitrogen functional groups attached to an aromatic ring is 1. The number of aromatic nitrogens is 1. The molecule has 0 saturated carbocycles. The molecule has 0 radical (unpaired) electrons. The molecule has 2 rings (SSSR count). The largest absolute Gasteiger partial charge is 0.481 e. The zero-order chi connectivity index (χ0) is 15.5. The second kappa shape index (κ2) is 6.11. The maximum absolute atomic E-state index is 12.2. The monoisotopic (exact) mass is 307 g/mol. The minimum Gasteiger partial charge on any atom is -0.481 e. The van der Waals surface area contributed by atoms with E-state index in [1.165, 1.54) is 19.2 Å². The Morgan fingerprint density at radius 1 is 1.29 bits per heavy atom. The Labute approximate surface area is 124 Å².